The Morgan fingerprint density at radius 1 is 1.12 bits per heavy atom. The standard InChI is InChI=1S/C24H26N2O6/c1-25-24(29)17-9-14(23(28)26-21-19-10-30-11-20(19)21)8-16-18(12-32-22(16)17)13-3-2-4-15(7-13)31-6-5-27/h2-4,7-9,18-21,27H,5-6,10-12H2,1H3,(H,25,29)(H,26,28). The molecule has 0 aromatic heterocycles. The van der Waals surface area contributed by atoms with E-state index in [1.807, 2.05) is 30.3 Å². The van der Waals surface area contributed by atoms with Gasteiger partial charge in [0.05, 0.1) is 32.0 Å². The van der Waals surface area contributed by atoms with E-state index >= 15 is 0 Å². The van der Waals surface area contributed by atoms with E-state index in [0.29, 0.717) is 54.3 Å². The topological polar surface area (TPSA) is 106 Å². The summed E-state index contributed by atoms with van der Waals surface area (Å²) in [7, 11) is 1.56. The molecule has 8 nitrogen and oxygen atoms in total. The molecular weight excluding hydrogens is 412 g/mol. The molecule has 2 aliphatic heterocycles. The third-order valence-corrected chi connectivity index (χ3v) is 6.49. The molecule has 0 radical (unpaired) electrons. The number of hydrogen-bond donors (Lipinski definition) is 3. The zero-order chi connectivity index (χ0) is 22.2. The van der Waals surface area contributed by atoms with Gasteiger partial charge in [-0.3, -0.25) is 9.59 Å². The van der Waals surface area contributed by atoms with Crippen molar-refractivity contribution in [1.29, 1.82) is 0 Å². The van der Waals surface area contributed by atoms with Crippen LogP contribution in [-0.4, -0.2) is 63.0 Å². The van der Waals surface area contributed by atoms with E-state index in [2.05, 4.69) is 10.6 Å². The highest BCUT2D eigenvalue weighted by atomic mass is 16.5. The summed E-state index contributed by atoms with van der Waals surface area (Å²) < 4.78 is 16.9. The van der Waals surface area contributed by atoms with Gasteiger partial charge in [-0.2, -0.15) is 0 Å². The molecule has 2 aromatic carbocycles. The van der Waals surface area contributed by atoms with Gasteiger partial charge in [0.1, 0.15) is 18.1 Å². The first-order valence-electron chi connectivity index (χ1n) is 10.9. The number of carbonyl (C=O) groups is 2. The minimum atomic E-state index is -0.298. The summed E-state index contributed by atoms with van der Waals surface area (Å²) in [6, 6.07) is 11.1. The van der Waals surface area contributed by atoms with Crippen molar-refractivity contribution in [3.63, 3.8) is 0 Å². The Bertz CT molecular complexity index is 1040. The zero-order valence-corrected chi connectivity index (χ0v) is 17.8. The molecule has 2 fully saturated rings. The van der Waals surface area contributed by atoms with Crippen molar-refractivity contribution < 1.29 is 28.9 Å². The van der Waals surface area contributed by atoms with E-state index in [4.69, 9.17) is 19.3 Å². The maximum atomic E-state index is 13.0. The van der Waals surface area contributed by atoms with Gasteiger partial charge in [-0.15, -0.1) is 0 Å². The van der Waals surface area contributed by atoms with Gasteiger partial charge in [-0.05, 0) is 29.8 Å². The Labute approximate surface area is 185 Å². The van der Waals surface area contributed by atoms with Crippen LogP contribution in [0.4, 0.5) is 0 Å². The Balaban J connectivity index is 1.46. The van der Waals surface area contributed by atoms with Crippen LogP contribution in [0.25, 0.3) is 0 Å². The summed E-state index contributed by atoms with van der Waals surface area (Å²) in [6.45, 7) is 1.88. The minimum Gasteiger partial charge on any atom is -0.491 e. The first-order valence-corrected chi connectivity index (χ1v) is 10.9. The van der Waals surface area contributed by atoms with Gasteiger partial charge in [-0.1, -0.05) is 12.1 Å². The summed E-state index contributed by atoms with van der Waals surface area (Å²) in [4.78, 5) is 25.6. The predicted molar refractivity (Wildman–Crippen MR) is 115 cm³/mol. The van der Waals surface area contributed by atoms with Crippen molar-refractivity contribution in [2.45, 2.75) is 12.0 Å². The molecular formula is C24H26N2O6. The number of nitrogens with one attached hydrogen (secondary N) is 2. The van der Waals surface area contributed by atoms with Crippen LogP contribution < -0.4 is 20.1 Å². The van der Waals surface area contributed by atoms with E-state index in [0.717, 1.165) is 11.1 Å². The Morgan fingerprint density at radius 3 is 2.69 bits per heavy atom. The van der Waals surface area contributed by atoms with Crippen molar-refractivity contribution >= 4 is 11.8 Å². The fraction of sp³-hybridized carbons (Fsp3) is 0.417. The first kappa shape index (κ1) is 20.8. The van der Waals surface area contributed by atoms with E-state index in [9.17, 15) is 9.59 Å². The van der Waals surface area contributed by atoms with Gasteiger partial charge in [0.2, 0.25) is 0 Å². The Morgan fingerprint density at radius 2 is 1.94 bits per heavy atom. The van der Waals surface area contributed by atoms with Crippen LogP contribution in [0.2, 0.25) is 0 Å². The average molecular weight is 438 g/mol. The summed E-state index contributed by atoms with van der Waals surface area (Å²) in [5, 5.41) is 14.8. The van der Waals surface area contributed by atoms with Gasteiger partial charge in [0, 0.05) is 42.0 Å². The quantitative estimate of drug-likeness (QED) is 0.602. The van der Waals surface area contributed by atoms with Crippen molar-refractivity contribution in [2.75, 3.05) is 40.1 Å². The number of aliphatic hydroxyl groups is 1. The van der Waals surface area contributed by atoms with Gasteiger partial charge in [0.25, 0.3) is 11.8 Å². The number of rotatable bonds is 7. The highest BCUT2D eigenvalue weighted by molar-refractivity contribution is 6.02. The first-order chi connectivity index (χ1) is 15.6. The van der Waals surface area contributed by atoms with Gasteiger partial charge >= 0.3 is 0 Å². The molecule has 5 rings (SSSR count). The van der Waals surface area contributed by atoms with E-state index in [1.54, 1.807) is 13.1 Å². The highest BCUT2D eigenvalue weighted by Gasteiger charge is 2.54. The third-order valence-electron chi connectivity index (χ3n) is 6.49. The molecule has 3 N–H and O–H groups in total. The van der Waals surface area contributed by atoms with Crippen molar-refractivity contribution in [1.82, 2.24) is 10.6 Å². The molecule has 3 atom stereocenters. The number of hydrogen-bond acceptors (Lipinski definition) is 6. The van der Waals surface area contributed by atoms with Gasteiger partial charge < -0.3 is 30.0 Å². The third kappa shape index (κ3) is 3.69. The minimum absolute atomic E-state index is 0.0671. The fourth-order valence-corrected chi connectivity index (χ4v) is 4.71. The van der Waals surface area contributed by atoms with Crippen molar-refractivity contribution in [2.24, 2.45) is 11.8 Å². The Kier molecular flexibility index (Phi) is 5.48. The fourth-order valence-electron chi connectivity index (χ4n) is 4.71. The van der Waals surface area contributed by atoms with Crippen LogP contribution in [0.3, 0.4) is 0 Å². The number of fused-ring (bicyclic) bond motifs is 2. The molecule has 2 heterocycles. The van der Waals surface area contributed by atoms with Crippen LogP contribution in [0.1, 0.15) is 37.8 Å². The molecule has 1 aliphatic carbocycles. The molecule has 168 valence electrons. The number of benzene rings is 2. The summed E-state index contributed by atoms with van der Waals surface area (Å²) >= 11 is 0. The smallest absolute Gasteiger partial charge is 0.254 e. The molecule has 2 amide bonds. The molecule has 8 heteroatoms. The van der Waals surface area contributed by atoms with E-state index < -0.39 is 0 Å². The summed E-state index contributed by atoms with van der Waals surface area (Å²) in [5.74, 6) is 1.30. The summed E-state index contributed by atoms with van der Waals surface area (Å²) in [6.07, 6.45) is 0. The lowest BCUT2D eigenvalue weighted by Crippen LogP contribution is -2.30. The lowest BCUT2D eigenvalue weighted by Gasteiger charge is -2.14. The second-order valence-electron chi connectivity index (χ2n) is 8.39. The normalized spacial score (nSPS) is 24.8. The highest BCUT2D eigenvalue weighted by Crippen LogP contribution is 2.45. The second-order valence-corrected chi connectivity index (χ2v) is 8.39. The largest absolute Gasteiger partial charge is 0.491 e. The van der Waals surface area contributed by atoms with Crippen molar-refractivity contribution in [3.05, 3.63) is 58.7 Å². The van der Waals surface area contributed by atoms with Gasteiger partial charge in [0.15, 0.2) is 0 Å². The molecule has 0 bridgehead atoms. The van der Waals surface area contributed by atoms with Crippen LogP contribution in [-0.2, 0) is 4.74 Å². The number of ether oxygens (including phenoxy) is 3. The lowest BCUT2D eigenvalue weighted by molar-refractivity contribution is 0.0929. The maximum Gasteiger partial charge on any atom is 0.254 e. The van der Waals surface area contributed by atoms with Crippen LogP contribution >= 0.6 is 0 Å². The molecule has 2 aromatic rings. The monoisotopic (exact) mass is 438 g/mol. The molecule has 1 saturated carbocycles. The number of aliphatic hydroxyl groups excluding tert-OH is 1. The predicted octanol–water partition coefficient (Wildman–Crippen LogP) is 1.32. The zero-order valence-electron chi connectivity index (χ0n) is 17.8. The number of amides is 2. The molecule has 3 aliphatic rings. The SMILES string of the molecule is CNC(=O)c1cc(C(=O)NC2C3COCC32)cc2c1OCC2c1cccc(OCCO)c1. The Hall–Kier alpha value is -3.10. The maximum absolute atomic E-state index is 13.0. The van der Waals surface area contributed by atoms with Crippen LogP contribution in [0.5, 0.6) is 11.5 Å². The second kappa shape index (κ2) is 8.44. The van der Waals surface area contributed by atoms with E-state index in [-0.39, 0.29) is 37.0 Å². The van der Waals surface area contributed by atoms with Crippen LogP contribution in [0, 0.1) is 11.8 Å². The summed E-state index contributed by atoms with van der Waals surface area (Å²) in [5.41, 5.74) is 2.55. The van der Waals surface area contributed by atoms with E-state index in [1.165, 1.54) is 0 Å². The molecule has 0 spiro atoms. The van der Waals surface area contributed by atoms with Gasteiger partial charge in [-0.25, -0.2) is 0 Å². The van der Waals surface area contributed by atoms with Crippen molar-refractivity contribution in [3.8, 4) is 11.5 Å². The lowest BCUT2D eigenvalue weighted by atomic mass is 9.90. The van der Waals surface area contributed by atoms with Crippen LogP contribution in [0.15, 0.2) is 36.4 Å². The molecule has 3 unspecified atom stereocenters. The molecule has 32 heavy (non-hydrogen) atoms. The number of carbonyl (C=O) groups excluding carboxylic acids is 2. The molecule has 1 saturated heterocycles. The average Bonchev–Trinajstić information content (AvgIpc) is 3.18.